The molecule has 2 unspecified atom stereocenters. The highest BCUT2D eigenvalue weighted by molar-refractivity contribution is 8.02. The second-order valence-electron chi connectivity index (χ2n) is 11.3. The Morgan fingerprint density at radius 3 is 2.44 bits per heavy atom. The van der Waals surface area contributed by atoms with Gasteiger partial charge in [-0.25, -0.2) is 0 Å². The van der Waals surface area contributed by atoms with E-state index in [1.165, 1.54) is 11.8 Å². The van der Waals surface area contributed by atoms with Gasteiger partial charge in [0.15, 0.2) is 0 Å². The Morgan fingerprint density at radius 2 is 1.92 bits per heavy atom. The average Bonchev–Trinajstić information content (AvgIpc) is 3.37. The molecule has 0 saturated carbocycles. The van der Waals surface area contributed by atoms with E-state index in [9.17, 15) is 24.6 Å². The first-order valence-corrected chi connectivity index (χ1v) is 13.6. The number of aliphatic hydroxyl groups is 1. The number of hydrogen-bond donors (Lipinski definition) is 2. The van der Waals surface area contributed by atoms with Gasteiger partial charge < -0.3 is 20.0 Å². The van der Waals surface area contributed by atoms with Gasteiger partial charge in [-0.3, -0.25) is 14.4 Å². The Labute approximate surface area is 217 Å². The van der Waals surface area contributed by atoms with Crippen molar-refractivity contribution in [1.29, 1.82) is 0 Å². The zero-order chi connectivity index (χ0) is 26.6. The van der Waals surface area contributed by atoms with E-state index >= 15 is 0 Å². The summed E-state index contributed by atoms with van der Waals surface area (Å²) in [4.78, 5) is 44.5. The topological polar surface area (TPSA) is 98.2 Å². The van der Waals surface area contributed by atoms with Crippen molar-refractivity contribution in [3.05, 3.63) is 42.0 Å². The number of rotatable bonds is 9. The Bertz CT molecular complexity index is 1070. The maximum Gasteiger partial charge on any atom is 0.308 e. The minimum absolute atomic E-state index is 0.184. The third-order valence-electron chi connectivity index (χ3n) is 8.35. The molecule has 2 bridgehead atoms. The van der Waals surface area contributed by atoms with Gasteiger partial charge in [-0.1, -0.05) is 38.1 Å². The number of likely N-dealkylation sites (tertiary alicyclic amines) is 1. The van der Waals surface area contributed by atoms with Crippen molar-refractivity contribution in [3.63, 3.8) is 0 Å². The van der Waals surface area contributed by atoms with Crippen LogP contribution in [0.2, 0.25) is 0 Å². The van der Waals surface area contributed by atoms with Gasteiger partial charge in [-0.2, -0.15) is 0 Å². The fraction of sp³-hybridized carbons (Fsp3) is 0.607. The molecule has 3 heterocycles. The minimum Gasteiger partial charge on any atom is -0.481 e. The van der Waals surface area contributed by atoms with E-state index in [2.05, 4.69) is 6.58 Å². The number of thioether (sulfide) groups is 1. The van der Waals surface area contributed by atoms with Crippen LogP contribution in [-0.4, -0.2) is 67.6 Å². The molecule has 196 valence electrons. The van der Waals surface area contributed by atoms with E-state index in [1.54, 1.807) is 15.9 Å². The van der Waals surface area contributed by atoms with E-state index in [0.29, 0.717) is 19.3 Å². The SMILES string of the molecule is C=CCN(C(=O)C1N([C@@H](CO)CC(C)C)C(=O)[C@@H]2[C@@H](C(=O)O)[C@@]3(C)CCC12S3)c1c(C)cccc1C. The van der Waals surface area contributed by atoms with E-state index in [4.69, 9.17) is 0 Å². The maximum absolute atomic E-state index is 14.7. The molecule has 3 saturated heterocycles. The molecule has 2 amide bonds. The smallest absolute Gasteiger partial charge is 0.308 e. The molecule has 0 aliphatic carbocycles. The van der Waals surface area contributed by atoms with Crippen LogP contribution < -0.4 is 4.90 Å². The molecule has 0 aromatic heterocycles. The second-order valence-corrected chi connectivity index (χ2v) is 13.2. The minimum atomic E-state index is -0.986. The van der Waals surface area contributed by atoms with E-state index < -0.39 is 39.4 Å². The lowest BCUT2D eigenvalue weighted by molar-refractivity contribution is -0.150. The third kappa shape index (κ3) is 3.88. The fourth-order valence-electron chi connectivity index (χ4n) is 7.03. The number of aryl methyl sites for hydroxylation is 2. The summed E-state index contributed by atoms with van der Waals surface area (Å²) in [6, 6.07) is 4.44. The van der Waals surface area contributed by atoms with E-state index in [1.807, 2.05) is 52.8 Å². The average molecular weight is 515 g/mol. The summed E-state index contributed by atoms with van der Waals surface area (Å²) in [5.74, 6) is -3.00. The van der Waals surface area contributed by atoms with Gasteiger partial charge in [0.1, 0.15) is 6.04 Å². The van der Waals surface area contributed by atoms with Gasteiger partial charge in [-0.05, 0) is 57.1 Å². The number of hydrogen-bond acceptors (Lipinski definition) is 5. The predicted octanol–water partition coefficient (Wildman–Crippen LogP) is 3.80. The quantitative estimate of drug-likeness (QED) is 0.487. The standard InChI is InChI=1S/C28H38N2O5S/c1-7-13-29(22-17(4)9-8-10-18(22)5)25(33)23-28-12-11-27(6,36-28)21(26(34)35)20(28)24(32)30(23)19(15-31)14-16(2)3/h7-10,16,19-21,23,31H,1,11-15H2,2-6H3,(H,34,35)/t19-,20+,21+,23?,27-,28?/m1/s1. The van der Waals surface area contributed by atoms with Crippen LogP contribution in [0.15, 0.2) is 30.9 Å². The Morgan fingerprint density at radius 1 is 1.28 bits per heavy atom. The molecule has 1 spiro atoms. The predicted molar refractivity (Wildman–Crippen MR) is 142 cm³/mol. The van der Waals surface area contributed by atoms with Crippen molar-refractivity contribution in [2.24, 2.45) is 17.8 Å². The summed E-state index contributed by atoms with van der Waals surface area (Å²) in [6.07, 6.45) is 3.43. The fourth-order valence-corrected chi connectivity index (χ4v) is 9.36. The molecule has 6 atom stereocenters. The number of benzene rings is 1. The van der Waals surface area contributed by atoms with Crippen LogP contribution in [0, 0.1) is 31.6 Å². The summed E-state index contributed by atoms with van der Waals surface area (Å²) in [5.41, 5.74) is 2.67. The molecule has 1 aromatic carbocycles. The Kier molecular flexibility index (Phi) is 7.07. The molecule has 1 aromatic rings. The van der Waals surface area contributed by atoms with Crippen LogP contribution in [0.5, 0.6) is 0 Å². The zero-order valence-electron chi connectivity index (χ0n) is 21.9. The number of carbonyl (C=O) groups is 3. The first-order valence-electron chi connectivity index (χ1n) is 12.8. The van der Waals surface area contributed by atoms with Gasteiger partial charge >= 0.3 is 5.97 Å². The van der Waals surface area contributed by atoms with Crippen molar-refractivity contribution < 1.29 is 24.6 Å². The number of nitrogens with zero attached hydrogens (tertiary/aromatic N) is 2. The number of carbonyl (C=O) groups excluding carboxylic acids is 2. The largest absolute Gasteiger partial charge is 0.481 e. The van der Waals surface area contributed by atoms with Gasteiger partial charge in [-0.15, -0.1) is 18.3 Å². The molecular weight excluding hydrogens is 476 g/mol. The van der Waals surface area contributed by atoms with E-state index in [-0.39, 0.29) is 30.9 Å². The van der Waals surface area contributed by atoms with Crippen LogP contribution in [-0.2, 0) is 14.4 Å². The first-order chi connectivity index (χ1) is 16.9. The van der Waals surface area contributed by atoms with Crippen LogP contribution in [0.25, 0.3) is 0 Å². The number of amides is 2. The number of carboxylic acid groups (broad SMARTS) is 1. The normalized spacial score (nSPS) is 31.6. The van der Waals surface area contributed by atoms with Crippen LogP contribution in [0.3, 0.4) is 0 Å². The van der Waals surface area contributed by atoms with E-state index in [0.717, 1.165) is 16.8 Å². The number of aliphatic carboxylic acids is 1. The van der Waals surface area contributed by atoms with Crippen molar-refractivity contribution in [2.45, 2.75) is 75.5 Å². The summed E-state index contributed by atoms with van der Waals surface area (Å²) in [7, 11) is 0. The lowest BCUT2D eigenvalue weighted by Gasteiger charge is -2.40. The molecule has 0 radical (unpaired) electrons. The summed E-state index contributed by atoms with van der Waals surface area (Å²) in [6.45, 7) is 13.7. The Balaban J connectivity index is 1.89. The monoisotopic (exact) mass is 514 g/mol. The summed E-state index contributed by atoms with van der Waals surface area (Å²) < 4.78 is -1.45. The molecule has 8 heteroatoms. The highest BCUT2D eigenvalue weighted by atomic mass is 32.2. The number of fused-ring (bicyclic) bond motifs is 1. The second kappa shape index (κ2) is 9.53. The summed E-state index contributed by atoms with van der Waals surface area (Å²) in [5, 5.41) is 20.6. The van der Waals surface area contributed by atoms with Crippen LogP contribution >= 0.6 is 11.8 Å². The van der Waals surface area contributed by atoms with Gasteiger partial charge in [0.05, 0.1) is 29.2 Å². The molecule has 7 nitrogen and oxygen atoms in total. The van der Waals surface area contributed by atoms with Gasteiger partial charge in [0, 0.05) is 17.0 Å². The third-order valence-corrected chi connectivity index (χ3v) is 10.3. The molecule has 2 N–H and O–H groups in total. The lowest BCUT2D eigenvalue weighted by Crippen LogP contribution is -2.58. The Hall–Kier alpha value is -2.32. The molecule has 3 aliphatic heterocycles. The molecule has 3 fully saturated rings. The highest BCUT2D eigenvalue weighted by Gasteiger charge is 2.78. The van der Waals surface area contributed by atoms with Crippen LogP contribution in [0.1, 0.15) is 51.2 Å². The van der Waals surface area contributed by atoms with Gasteiger partial charge in [0.2, 0.25) is 5.91 Å². The molecule has 3 aliphatic rings. The number of anilines is 1. The van der Waals surface area contributed by atoms with Crippen molar-refractivity contribution >= 4 is 35.2 Å². The first kappa shape index (κ1) is 26.7. The zero-order valence-corrected chi connectivity index (χ0v) is 22.7. The number of para-hydroxylation sites is 1. The molecule has 4 rings (SSSR count). The van der Waals surface area contributed by atoms with Gasteiger partial charge in [0.25, 0.3) is 5.91 Å². The molecular formula is C28H38N2O5S. The summed E-state index contributed by atoms with van der Waals surface area (Å²) >= 11 is 1.52. The van der Waals surface area contributed by atoms with Crippen molar-refractivity contribution in [1.82, 2.24) is 4.90 Å². The maximum atomic E-state index is 14.7. The van der Waals surface area contributed by atoms with Crippen LogP contribution in [0.4, 0.5) is 5.69 Å². The number of aliphatic hydroxyl groups excluding tert-OH is 1. The lowest BCUT2D eigenvalue weighted by atomic mass is 9.66. The van der Waals surface area contributed by atoms with Crippen molar-refractivity contribution in [2.75, 3.05) is 18.1 Å². The highest BCUT2D eigenvalue weighted by Crippen LogP contribution is 2.71. The number of carboxylic acids is 1. The van der Waals surface area contributed by atoms with Crippen molar-refractivity contribution in [3.8, 4) is 0 Å². The molecule has 36 heavy (non-hydrogen) atoms.